The van der Waals surface area contributed by atoms with E-state index in [1.165, 1.54) is 13.3 Å². The van der Waals surface area contributed by atoms with Gasteiger partial charge in [0.25, 0.3) is 0 Å². The Labute approximate surface area is 127 Å². The van der Waals surface area contributed by atoms with Crippen LogP contribution in [0, 0.1) is 3.57 Å². The summed E-state index contributed by atoms with van der Waals surface area (Å²) >= 11 is 5.42. The molecule has 0 amide bonds. The summed E-state index contributed by atoms with van der Waals surface area (Å²) < 4.78 is 15.0. The Morgan fingerprint density at radius 2 is 1.94 bits per heavy atom. The fourth-order valence-corrected chi connectivity index (χ4v) is 2.52. The molecule has 1 unspecified atom stereocenters. The van der Waals surface area contributed by atoms with Crippen LogP contribution in [0.3, 0.4) is 0 Å². The summed E-state index contributed by atoms with van der Waals surface area (Å²) in [6.45, 7) is 1.47. The lowest BCUT2D eigenvalue weighted by atomic mass is 10.3. The minimum Gasteiger partial charge on any atom is -0.339 e. The molecule has 1 aromatic carbocycles. The van der Waals surface area contributed by atoms with Crippen molar-refractivity contribution in [3.63, 3.8) is 0 Å². The molecule has 0 bridgehead atoms. The van der Waals surface area contributed by atoms with Crippen LogP contribution in [-0.2, 0) is 0 Å². The Bertz CT molecular complexity index is 546. The van der Waals surface area contributed by atoms with Crippen molar-refractivity contribution < 1.29 is 4.39 Å². The van der Waals surface area contributed by atoms with Gasteiger partial charge in [-0.15, -0.1) is 0 Å². The van der Waals surface area contributed by atoms with E-state index in [2.05, 4.69) is 53.8 Å². The highest BCUT2D eigenvalue weighted by Gasteiger charge is 2.13. The molecule has 1 N–H and O–H groups in total. The number of benzene rings is 1. The fraction of sp³-hybridized carbons (Fsp3) is 0.167. The Hall–Kier alpha value is -0.760. The maximum absolute atomic E-state index is 13.3. The molecule has 3 nitrogen and oxygen atoms in total. The molecule has 0 aliphatic rings. The molecule has 0 fully saturated rings. The van der Waals surface area contributed by atoms with Crippen molar-refractivity contribution in [3.8, 4) is 0 Å². The average Bonchev–Trinajstić information content (AvgIpc) is 2.34. The van der Waals surface area contributed by atoms with E-state index in [0.717, 1.165) is 10.2 Å². The lowest BCUT2D eigenvalue weighted by Crippen LogP contribution is -2.03. The van der Waals surface area contributed by atoms with E-state index in [1.807, 2.05) is 24.3 Å². The SMILES string of the molecule is CC(F)c1ncnc(Nc2ccc(Br)cc2)c1I. The van der Waals surface area contributed by atoms with E-state index >= 15 is 0 Å². The van der Waals surface area contributed by atoms with E-state index in [4.69, 9.17) is 0 Å². The quantitative estimate of drug-likeness (QED) is 0.735. The predicted octanol–water partition coefficient (Wildman–Crippen LogP) is 4.62. The van der Waals surface area contributed by atoms with Crippen molar-refractivity contribution in [2.75, 3.05) is 5.32 Å². The zero-order valence-electron chi connectivity index (χ0n) is 9.49. The molecule has 2 rings (SSSR count). The summed E-state index contributed by atoms with van der Waals surface area (Å²) in [7, 11) is 0. The molecular weight excluding hydrogens is 412 g/mol. The molecule has 0 aliphatic heterocycles. The van der Waals surface area contributed by atoms with Crippen molar-refractivity contribution in [1.82, 2.24) is 9.97 Å². The molecule has 0 saturated carbocycles. The van der Waals surface area contributed by atoms with Crippen molar-refractivity contribution in [1.29, 1.82) is 0 Å². The normalized spacial score (nSPS) is 12.2. The second kappa shape index (κ2) is 5.92. The van der Waals surface area contributed by atoms with Crippen LogP contribution >= 0.6 is 38.5 Å². The van der Waals surface area contributed by atoms with Crippen LogP contribution in [0.2, 0.25) is 0 Å². The maximum Gasteiger partial charge on any atom is 0.147 e. The fourth-order valence-electron chi connectivity index (χ4n) is 1.42. The summed E-state index contributed by atoms with van der Waals surface area (Å²) in [6.07, 6.45) is 0.264. The Morgan fingerprint density at radius 3 is 2.56 bits per heavy atom. The number of hydrogen-bond acceptors (Lipinski definition) is 3. The van der Waals surface area contributed by atoms with Crippen molar-refractivity contribution in [2.24, 2.45) is 0 Å². The second-order valence-corrected chi connectivity index (χ2v) is 5.66. The van der Waals surface area contributed by atoms with Gasteiger partial charge in [0, 0.05) is 10.2 Å². The van der Waals surface area contributed by atoms with Gasteiger partial charge in [0.2, 0.25) is 0 Å². The summed E-state index contributed by atoms with van der Waals surface area (Å²) in [4.78, 5) is 8.08. The molecule has 1 heterocycles. The smallest absolute Gasteiger partial charge is 0.147 e. The van der Waals surface area contributed by atoms with Crippen molar-refractivity contribution in [3.05, 3.63) is 44.3 Å². The summed E-state index contributed by atoms with van der Waals surface area (Å²) in [5.41, 5.74) is 1.30. The van der Waals surface area contributed by atoms with Gasteiger partial charge < -0.3 is 5.32 Å². The highest BCUT2D eigenvalue weighted by Crippen LogP contribution is 2.27. The number of hydrogen-bond donors (Lipinski definition) is 1. The second-order valence-electron chi connectivity index (χ2n) is 3.67. The van der Waals surface area contributed by atoms with Gasteiger partial charge in [-0.2, -0.15) is 0 Å². The van der Waals surface area contributed by atoms with Gasteiger partial charge in [-0.25, -0.2) is 14.4 Å². The highest BCUT2D eigenvalue weighted by molar-refractivity contribution is 14.1. The number of nitrogens with one attached hydrogen (secondary N) is 1. The first kappa shape index (κ1) is 13.7. The average molecular weight is 422 g/mol. The van der Waals surface area contributed by atoms with Gasteiger partial charge in [0.05, 0.1) is 9.26 Å². The Balaban J connectivity index is 2.29. The van der Waals surface area contributed by atoms with Crippen LogP contribution in [0.25, 0.3) is 0 Å². The Kier molecular flexibility index (Phi) is 4.50. The number of rotatable bonds is 3. The van der Waals surface area contributed by atoms with Gasteiger partial charge in [0.1, 0.15) is 18.3 Å². The Morgan fingerprint density at radius 1 is 1.28 bits per heavy atom. The summed E-state index contributed by atoms with van der Waals surface area (Å²) in [5, 5.41) is 3.15. The number of anilines is 2. The first-order chi connectivity index (χ1) is 8.58. The first-order valence-electron chi connectivity index (χ1n) is 5.25. The molecule has 18 heavy (non-hydrogen) atoms. The topological polar surface area (TPSA) is 37.8 Å². The van der Waals surface area contributed by atoms with Crippen molar-refractivity contribution in [2.45, 2.75) is 13.1 Å². The molecule has 0 radical (unpaired) electrons. The van der Waals surface area contributed by atoms with E-state index in [1.54, 1.807) is 0 Å². The molecule has 1 atom stereocenters. The van der Waals surface area contributed by atoms with Crippen LogP contribution in [0.1, 0.15) is 18.8 Å². The third-order valence-electron chi connectivity index (χ3n) is 2.30. The van der Waals surface area contributed by atoms with Crippen LogP contribution < -0.4 is 5.32 Å². The molecular formula is C12H10BrFIN3. The summed E-state index contributed by atoms with van der Waals surface area (Å²) in [6, 6.07) is 7.69. The van der Waals surface area contributed by atoms with Gasteiger partial charge in [-0.05, 0) is 53.8 Å². The van der Waals surface area contributed by atoms with Crippen molar-refractivity contribution >= 4 is 50.0 Å². The number of halogens is 3. The highest BCUT2D eigenvalue weighted by atomic mass is 127. The molecule has 2 aromatic rings. The number of alkyl halides is 1. The molecule has 94 valence electrons. The van der Waals surface area contributed by atoms with Gasteiger partial charge in [-0.3, -0.25) is 0 Å². The largest absolute Gasteiger partial charge is 0.339 e. The van der Waals surface area contributed by atoms with E-state index in [9.17, 15) is 4.39 Å². The van der Waals surface area contributed by atoms with Gasteiger partial charge in [-0.1, -0.05) is 15.9 Å². The first-order valence-corrected chi connectivity index (χ1v) is 7.12. The van der Waals surface area contributed by atoms with Crippen LogP contribution in [0.15, 0.2) is 35.1 Å². The molecule has 1 aromatic heterocycles. The monoisotopic (exact) mass is 421 g/mol. The lowest BCUT2D eigenvalue weighted by Gasteiger charge is -2.10. The molecule has 0 spiro atoms. The van der Waals surface area contributed by atoms with Crippen LogP contribution in [0.5, 0.6) is 0 Å². The predicted molar refractivity (Wildman–Crippen MR) is 81.7 cm³/mol. The molecule has 0 saturated heterocycles. The number of aromatic nitrogens is 2. The molecule has 0 aliphatic carbocycles. The minimum atomic E-state index is -1.11. The zero-order valence-corrected chi connectivity index (χ0v) is 13.2. The van der Waals surface area contributed by atoms with Gasteiger partial charge >= 0.3 is 0 Å². The van der Waals surface area contributed by atoms with E-state index in [-0.39, 0.29) is 0 Å². The summed E-state index contributed by atoms with van der Waals surface area (Å²) in [5.74, 6) is 0.618. The van der Waals surface area contributed by atoms with Crippen LogP contribution in [0.4, 0.5) is 15.9 Å². The maximum atomic E-state index is 13.3. The standard InChI is InChI=1S/C12H10BrFIN3/c1-7(14)11-10(15)12(17-6-16-11)18-9-4-2-8(13)3-5-9/h2-7H,1H3,(H,16,17,18). The third-order valence-corrected chi connectivity index (χ3v) is 3.89. The molecule has 6 heteroatoms. The van der Waals surface area contributed by atoms with E-state index < -0.39 is 6.17 Å². The lowest BCUT2D eigenvalue weighted by molar-refractivity contribution is 0.364. The number of nitrogens with zero attached hydrogens (tertiary/aromatic N) is 2. The minimum absolute atomic E-state index is 0.408. The van der Waals surface area contributed by atoms with Crippen LogP contribution in [-0.4, -0.2) is 9.97 Å². The zero-order chi connectivity index (χ0) is 13.1. The third kappa shape index (κ3) is 3.17. The van der Waals surface area contributed by atoms with E-state index in [0.29, 0.717) is 15.1 Å². The van der Waals surface area contributed by atoms with Gasteiger partial charge in [0.15, 0.2) is 0 Å².